The molecule has 1 aliphatic rings. The molecule has 1 fully saturated rings. The van der Waals surface area contributed by atoms with E-state index in [9.17, 15) is 5.11 Å². The Morgan fingerprint density at radius 2 is 2.14 bits per heavy atom. The van der Waals surface area contributed by atoms with Crippen molar-refractivity contribution in [1.29, 1.82) is 0 Å². The van der Waals surface area contributed by atoms with Crippen molar-refractivity contribution in [2.75, 3.05) is 51.4 Å². The third kappa shape index (κ3) is 6.70. The maximum Gasteiger partial charge on any atom is 0.161 e. The minimum Gasteiger partial charge on any atom is -0.493 e. The second kappa shape index (κ2) is 11.3. The number of thioether (sulfide) groups is 1. The minimum atomic E-state index is -0.503. The van der Waals surface area contributed by atoms with Crippen molar-refractivity contribution >= 4 is 11.8 Å². The van der Waals surface area contributed by atoms with Crippen LogP contribution in [-0.4, -0.2) is 77.7 Å². The number of H-pyrrole nitrogens is 1. The molecule has 8 heteroatoms. The van der Waals surface area contributed by atoms with Gasteiger partial charge in [-0.05, 0) is 36.2 Å². The molecule has 1 atom stereocenters. The summed E-state index contributed by atoms with van der Waals surface area (Å²) in [6, 6.07) is 5.92. The average molecular weight is 407 g/mol. The maximum atomic E-state index is 10.3. The zero-order valence-electron chi connectivity index (χ0n) is 16.4. The predicted octanol–water partition coefficient (Wildman–Crippen LogP) is 1.54. The van der Waals surface area contributed by atoms with E-state index in [4.69, 9.17) is 9.47 Å². The van der Waals surface area contributed by atoms with Gasteiger partial charge in [0.15, 0.2) is 11.5 Å². The smallest absolute Gasteiger partial charge is 0.161 e. The van der Waals surface area contributed by atoms with E-state index in [1.807, 2.05) is 42.4 Å². The topological polar surface area (TPSA) is 82.6 Å². The van der Waals surface area contributed by atoms with E-state index < -0.39 is 6.10 Å². The summed E-state index contributed by atoms with van der Waals surface area (Å²) in [4.78, 5) is 2.29. The van der Waals surface area contributed by atoms with Gasteiger partial charge in [-0.1, -0.05) is 6.07 Å². The first-order valence-corrected chi connectivity index (χ1v) is 10.9. The fourth-order valence-electron chi connectivity index (χ4n) is 3.14. The third-order valence-corrected chi connectivity index (χ3v) is 5.65. The van der Waals surface area contributed by atoms with E-state index in [0.717, 1.165) is 49.7 Å². The maximum absolute atomic E-state index is 10.3. The van der Waals surface area contributed by atoms with Crippen LogP contribution in [0.25, 0.3) is 0 Å². The number of benzene rings is 1. The Bertz CT molecular complexity index is 693. The van der Waals surface area contributed by atoms with Crippen molar-refractivity contribution in [2.45, 2.75) is 19.1 Å². The summed E-state index contributed by atoms with van der Waals surface area (Å²) >= 11 is 1.97. The Kier molecular flexibility index (Phi) is 8.47. The van der Waals surface area contributed by atoms with Crippen molar-refractivity contribution in [3.05, 3.63) is 41.7 Å². The van der Waals surface area contributed by atoms with Gasteiger partial charge in [0.05, 0.1) is 13.3 Å². The lowest BCUT2D eigenvalue weighted by Gasteiger charge is -2.28. The van der Waals surface area contributed by atoms with Crippen molar-refractivity contribution in [3.63, 3.8) is 0 Å². The molecule has 1 saturated heterocycles. The van der Waals surface area contributed by atoms with E-state index in [1.54, 1.807) is 7.11 Å². The number of β-amino-alcohol motifs (C(OH)–C–C–N with tert-alkyl or cyclic N) is 1. The summed E-state index contributed by atoms with van der Waals surface area (Å²) in [6.07, 6.45) is 4.19. The van der Waals surface area contributed by atoms with Gasteiger partial charge in [-0.25, -0.2) is 0 Å². The van der Waals surface area contributed by atoms with E-state index in [-0.39, 0.29) is 6.61 Å². The highest BCUT2D eigenvalue weighted by atomic mass is 32.2. The summed E-state index contributed by atoms with van der Waals surface area (Å²) in [5, 5.41) is 20.5. The summed E-state index contributed by atoms with van der Waals surface area (Å²) in [6.45, 7) is 4.62. The lowest BCUT2D eigenvalue weighted by Crippen LogP contribution is -2.40. The Morgan fingerprint density at radius 1 is 1.29 bits per heavy atom. The Morgan fingerprint density at radius 3 is 2.89 bits per heavy atom. The SMILES string of the molecule is COc1cc(CNCCc2cn[nH]c2)ccc1OC[C@H](O)CN1CCSCC1. The number of rotatable bonds is 11. The van der Waals surface area contributed by atoms with Crippen LogP contribution in [0.5, 0.6) is 11.5 Å². The highest BCUT2D eigenvalue weighted by molar-refractivity contribution is 7.99. The first kappa shape index (κ1) is 21.0. The Labute approximate surface area is 170 Å². The number of nitrogens with zero attached hydrogens (tertiary/aromatic N) is 2. The zero-order valence-corrected chi connectivity index (χ0v) is 17.2. The number of nitrogens with one attached hydrogen (secondary N) is 2. The number of hydrogen-bond donors (Lipinski definition) is 3. The van der Waals surface area contributed by atoms with Gasteiger partial charge < -0.3 is 19.9 Å². The predicted molar refractivity (Wildman–Crippen MR) is 112 cm³/mol. The number of aliphatic hydroxyl groups is 1. The first-order chi connectivity index (χ1) is 13.7. The quantitative estimate of drug-likeness (QED) is 0.488. The van der Waals surface area contributed by atoms with Crippen molar-refractivity contribution in [1.82, 2.24) is 20.4 Å². The molecular weight excluding hydrogens is 376 g/mol. The summed E-state index contributed by atoms with van der Waals surface area (Å²) < 4.78 is 11.3. The fourth-order valence-corrected chi connectivity index (χ4v) is 4.12. The van der Waals surface area contributed by atoms with Crippen molar-refractivity contribution in [2.24, 2.45) is 0 Å². The van der Waals surface area contributed by atoms with Crippen LogP contribution in [0.15, 0.2) is 30.6 Å². The lowest BCUT2D eigenvalue weighted by molar-refractivity contribution is 0.0705. The van der Waals surface area contributed by atoms with Gasteiger partial charge in [0.2, 0.25) is 0 Å². The normalized spacial score (nSPS) is 16.1. The zero-order chi connectivity index (χ0) is 19.6. The van der Waals surface area contributed by atoms with Crippen molar-refractivity contribution in [3.8, 4) is 11.5 Å². The molecule has 3 N–H and O–H groups in total. The molecule has 0 saturated carbocycles. The number of hydrogen-bond acceptors (Lipinski definition) is 7. The van der Waals surface area contributed by atoms with Gasteiger partial charge in [0.25, 0.3) is 0 Å². The van der Waals surface area contributed by atoms with Gasteiger partial charge >= 0.3 is 0 Å². The second-order valence-corrected chi connectivity index (χ2v) is 8.12. The summed E-state index contributed by atoms with van der Waals surface area (Å²) in [7, 11) is 1.64. The van der Waals surface area contributed by atoms with Gasteiger partial charge in [-0.3, -0.25) is 10.00 Å². The lowest BCUT2D eigenvalue weighted by atomic mass is 10.2. The molecule has 1 aromatic carbocycles. The Hall–Kier alpha value is -1.74. The van der Waals surface area contributed by atoms with Crippen LogP contribution < -0.4 is 14.8 Å². The van der Waals surface area contributed by atoms with Crippen LogP contribution in [0.4, 0.5) is 0 Å². The van der Waals surface area contributed by atoms with Gasteiger partial charge in [0, 0.05) is 43.9 Å². The minimum absolute atomic E-state index is 0.266. The van der Waals surface area contributed by atoms with E-state index in [1.165, 1.54) is 5.56 Å². The number of aromatic amines is 1. The van der Waals surface area contributed by atoms with Crippen LogP contribution in [0.2, 0.25) is 0 Å². The molecular formula is C20H30N4O3S. The highest BCUT2D eigenvalue weighted by Crippen LogP contribution is 2.28. The Balaban J connectivity index is 1.42. The summed E-state index contributed by atoms with van der Waals surface area (Å²) in [5.41, 5.74) is 2.32. The molecule has 7 nitrogen and oxygen atoms in total. The van der Waals surface area contributed by atoms with Crippen LogP contribution in [-0.2, 0) is 13.0 Å². The molecule has 3 rings (SSSR count). The van der Waals surface area contributed by atoms with Crippen LogP contribution in [0, 0.1) is 0 Å². The van der Waals surface area contributed by atoms with Crippen LogP contribution in [0.1, 0.15) is 11.1 Å². The average Bonchev–Trinajstić information content (AvgIpc) is 3.24. The number of aromatic nitrogens is 2. The molecule has 1 aliphatic heterocycles. The molecule has 0 spiro atoms. The number of methoxy groups -OCH3 is 1. The highest BCUT2D eigenvalue weighted by Gasteiger charge is 2.16. The fraction of sp³-hybridized carbons (Fsp3) is 0.550. The standard InChI is InChI=1S/C20H30N4O3S/c1-26-20-10-16(11-21-5-4-17-12-22-23-13-17)2-3-19(20)27-15-18(25)14-24-6-8-28-9-7-24/h2-3,10,12-13,18,21,25H,4-9,11,14-15H2,1H3,(H,22,23)/t18-/m1/s1. The molecule has 0 bridgehead atoms. The molecule has 0 aliphatic carbocycles. The second-order valence-electron chi connectivity index (χ2n) is 6.90. The van der Waals surface area contributed by atoms with Crippen LogP contribution in [0.3, 0.4) is 0 Å². The molecule has 1 aromatic heterocycles. The van der Waals surface area contributed by atoms with E-state index in [0.29, 0.717) is 18.0 Å². The largest absolute Gasteiger partial charge is 0.493 e. The van der Waals surface area contributed by atoms with Crippen LogP contribution >= 0.6 is 11.8 Å². The van der Waals surface area contributed by atoms with E-state index >= 15 is 0 Å². The monoisotopic (exact) mass is 406 g/mol. The van der Waals surface area contributed by atoms with Gasteiger partial charge in [-0.2, -0.15) is 16.9 Å². The molecule has 0 radical (unpaired) electrons. The molecule has 0 unspecified atom stereocenters. The molecule has 2 heterocycles. The van der Waals surface area contributed by atoms with Gasteiger partial charge in [0.1, 0.15) is 12.7 Å². The number of aliphatic hydroxyl groups excluding tert-OH is 1. The summed E-state index contributed by atoms with van der Waals surface area (Å²) in [5.74, 6) is 3.63. The van der Waals surface area contributed by atoms with E-state index in [2.05, 4.69) is 20.4 Å². The third-order valence-electron chi connectivity index (χ3n) is 4.71. The van der Waals surface area contributed by atoms with Crippen molar-refractivity contribution < 1.29 is 14.6 Å². The molecule has 154 valence electrons. The first-order valence-electron chi connectivity index (χ1n) is 9.71. The molecule has 28 heavy (non-hydrogen) atoms. The number of ether oxygens (including phenoxy) is 2. The van der Waals surface area contributed by atoms with Gasteiger partial charge in [-0.15, -0.1) is 0 Å². The molecule has 0 amide bonds. The molecule has 2 aromatic rings.